The van der Waals surface area contributed by atoms with Crippen molar-refractivity contribution >= 4 is 16.1 Å². The first-order valence-electron chi connectivity index (χ1n) is 10.4. The molecule has 1 saturated heterocycles. The van der Waals surface area contributed by atoms with Crippen molar-refractivity contribution in [3.63, 3.8) is 0 Å². The number of hydrogen-bond donors (Lipinski definition) is 0. The largest absolute Gasteiger partial charge is 0.297 e. The Morgan fingerprint density at radius 2 is 1.55 bits per heavy atom. The summed E-state index contributed by atoms with van der Waals surface area (Å²) in [6, 6.07) is 17.7. The van der Waals surface area contributed by atoms with Crippen LogP contribution in [-0.2, 0) is 15.4 Å². The number of hydrogen-bond acceptors (Lipinski definition) is 3. The quantitative estimate of drug-likeness (QED) is 0.677. The predicted molar refractivity (Wildman–Crippen MR) is 120 cm³/mol. The SMILES string of the molecule is CCC(C)(C)c1ccc(S(=O)(=O)N2CCN(CC=Cc3ccccc3)CC2)cc1. The third kappa shape index (κ3) is 5.35. The second-order valence-electron chi connectivity index (χ2n) is 8.28. The van der Waals surface area contributed by atoms with E-state index in [0.29, 0.717) is 18.0 Å². The van der Waals surface area contributed by atoms with Gasteiger partial charge in [0.15, 0.2) is 0 Å². The van der Waals surface area contributed by atoms with Crippen LogP contribution in [0.25, 0.3) is 6.08 Å². The Bertz CT molecular complexity index is 911. The minimum atomic E-state index is -3.43. The molecule has 0 N–H and O–H groups in total. The van der Waals surface area contributed by atoms with Gasteiger partial charge in [0.05, 0.1) is 4.90 Å². The fourth-order valence-corrected chi connectivity index (χ4v) is 4.91. The van der Waals surface area contributed by atoms with E-state index in [4.69, 9.17) is 0 Å². The first kappa shape index (κ1) is 21.8. The summed E-state index contributed by atoms with van der Waals surface area (Å²) in [4.78, 5) is 2.68. The zero-order valence-corrected chi connectivity index (χ0v) is 18.5. The predicted octanol–water partition coefficient (Wildman–Crippen LogP) is 4.39. The maximum Gasteiger partial charge on any atom is 0.243 e. The molecule has 5 heteroatoms. The minimum absolute atomic E-state index is 0.0567. The molecule has 0 aromatic heterocycles. The Labute approximate surface area is 175 Å². The fourth-order valence-electron chi connectivity index (χ4n) is 3.49. The van der Waals surface area contributed by atoms with E-state index in [1.807, 2.05) is 30.3 Å². The molecule has 1 aliphatic rings. The van der Waals surface area contributed by atoms with Gasteiger partial charge in [-0.15, -0.1) is 0 Å². The highest BCUT2D eigenvalue weighted by Crippen LogP contribution is 2.28. The topological polar surface area (TPSA) is 40.6 Å². The monoisotopic (exact) mass is 412 g/mol. The molecule has 1 fully saturated rings. The molecule has 0 aliphatic carbocycles. The van der Waals surface area contributed by atoms with Crippen LogP contribution in [0.3, 0.4) is 0 Å². The Morgan fingerprint density at radius 3 is 2.14 bits per heavy atom. The lowest BCUT2D eigenvalue weighted by molar-refractivity contribution is 0.204. The highest BCUT2D eigenvalue weighted by atomic mass is 32.2. The summed E-state index contributed by atoms with van der Waals surface area (Å²) in [5, 5.41) is 0. The highest BCUT2D eigenvalue weighted by Gasteiger charge is 2.28. The smallest absolute Gasteiger partial charge is 0.243 e. The maximum atomic E-state index is 13.0. The number of piperazine rings is 1. The molecule has 0 atom stereocenters. The van der Waals surface area contributed by atoms with Crippen molar-refractivity contribution in [3.8, 4) is 0 Å². The zero-order valence-electron chi connectivity index (χ0n) is 17.7. The van der Waals surface area contributed by atoms with Gasteiger partial charge in [-0.3, -0.25) is 4.90 Å². The van der Waals surface area contributed by atoms with Crippen molar-refractivity contribution in [3.05, 3.63) is 71.8 Å². The van der Waals surface area contributed by atoms with E-state index in [1.165, 1.54) is 11.1 Å². The second-order valence-corrected chi connectivity index (χ2v) is 10.2. The molecular formula is C24H32N2O2S. The molecule has 3 rings (SSSR count). The van der Waals surface area contributed by atoms with Gasteiger partial charge in [-0.25, -0.2) is 8.42 Å². The molecule has 0 spiro atoms. The molecule has 2 aromatic carbocycles. The van der Waals surface area contributed by atoms with Crippen molar-refractivity contribution in [1.82, 2.24) is 9.21 Å². The van der Waals surface area contributed by atoms with Crippen LogP contribution in [0.2, 0.25) is 0 Å². The lowest BCUT2D eigenvalue weighted by Crippen LogP contribution is -2.48. The van der Waals surface area contributed by atoms with Crippen LogP contribution in [0.5, 0.6) is 0 Å². The van der Waals surface area contributed by atoms with Crippen LogP contribution in [0, 0.1) is 0 Å². The summed E-state index contributed by atoms with van der Waals surface area (Å²) >= 11 is 0. The average Bonchev–Trinajstić information content (AvgIpc) is 2.75. The number of benzene rings is 2. The fraction of sp³-hybridized carbons (Fsp3) is 0.417. The van der Waals surface area contributed by atoms with E-state index in [1.54, 1.807) is 16.4 Å². The summed E-state index contributed by atoms with van der Waals surface area (Å²) < 4.78 is 27.6. The third-order valence-corrected chi connectivity index (χ3v) is 7.88. The second kappa shape index (κ2) is 9.24. The number of sulfonamides is 1. The van der Waals surface area contributed by atoms with E-state index in [2.05, 4.69) is 50.0 Å². The van der Waals surface area contributed by atoms with Crippen molar-refractivity contribution in [2.75, 3.05) is 32.7 Å². The summed E-state index contributed by atoms with van der Waals surface area (Å²) in [5.41, 5.74) is 2.42. The normalized spacial score (nSPS) is 17.1. The molecule has 0 amide bonds. The molecule has 1 heterocycles. The van der Waals surface area contributed by atoms with Crippen molar-refractivity contribution in [2.45, 2.75) is 37.5 Å². The number of rotatable bonds is 7. The van der Waals surface area contributed by atoms with Gasteiger partial charge in [0.1, 0.15) is 0 Å². The molecule has 0 radical (unpaired) electrons. The lowest BCUT2D eigenvalue weighted by atomic mass is 9.82. The summed E-state index contributed by atoms with van der Waals surface area (Å²) in [6.07, 6.45) is 5.27. The summed E-state index contributed by atoms with van der Waals surface area (Å²) in [6.45, 7) is 9.92. The maximum absolute atomic E-state index is 13.0. The van der Waals surface area contributed by atoms with Crippen LogP contribution in [0.1, 0.15) is 38.3 Å². The molecule has 0 unspecified atom stereocenters. The van der Waals surface area contributed by atoms with Crippen LogP contribution in [-0.4, -0.2) is 50.3 Å². The molecule has 4 nitrogen and oxygen atoms in total. The van der Waals surface area contributed by atoms with Gasteiger partial charge in [0.2, 0.25) is 10.0 Å². The molecule has 0 bridgehead atoms. The molecule has 156 valence electrons. The van der Waals surface area contributed by atoms with Gasteiger partial charge >= 0.3 is 0 Å². The van der Waals surface area contributed by atoms with Crippen molar-refractivity contribution < 1.29 is 8.42 Å². The van der Waals surface area contributed by atoms with E-state index >= 15 is 0 Å². The Kier molecular flexibility index (Phi) is 6.93. The summed E-state index contributed by atoms with van der Waals surface area (Å²) in [5.74, 6) is 0. The van der Waals surface area contributed by atoms with Gasteiger partial charge < -0.3 is 0 Å². The molecular weight excluding hydrogens is 380 g/mol. The molecule has 29 heavy (non-hydrogen) atoms. The van der Waals surface area contributed by atoms with E-state index < -0.39 is 10.0 Å². The summed E-state index contributed by atoms with van der Waals surface area (Å²) in [7, 11) is -3.43. The van der Waals surface area contributed by atoms with Gasteiger partial charge in [-0.05, 0) is 35.1 Å². The van der Waals surface area contributed by atoms with Crippen molar-refractivity contribution in [1.29, 1.82) is 0 Å². The first-order chi connectivity index (χ1) is 13.8. The van der Waals surface area contributed by atoms with Crippen molar-refractivity contribution in [2.24, 2.45) is 0 Å². The molecule has 1 aliphatic heterocycles. The Hall–Kier alpha value is -1.95. The minimum Gasteiger partial charge on any atom is -0.297 e. The molecule has 2 aromatic rings. The van der Waals surface area contributed by atoms with E-state index in [-0.39, 0.29) is 5.41 Å². The van der Waals surface area contributed by atoms with Crippen LogP contribution in [0.15, 0.2) is 65.6 Å². The molecule has 0 saturated carbocycles. The first-order valence-corrected chi connectivity index (χ1v) is 11.8. The highest BCUT2D eigenvalue weighted by molar-refractivity contribution is 7.89. The van der Waals surface area contributed by atoms with E-state index in [9.17, 15) is 8.42 Å². The lowest BCUT2D eigenvalue weighted by Gasteiger charge is -2.33. The zero-order chi connectivity index (χ0) is 20.9. The van der Waals surface area contributed by atoms with Crippen LogP contribution in [0.4, 0.5) is 0 Å². The Morgan fingerprint density at radius 1 is 0.931 bits per heavy atom. The van der Waals surface area contributed by atoms with Crippen LogP contribution >= 0.6 is 0 Å². The third-order valence-electron chi connectivity index (χ3n) is 5.96. The van der Waals surface area contributed by atoms with Crippen LogP contribution < -0.4 is 0 Å². The Balaban J connectivity index is 1.57. The van der Waals surface area contributed by atoms with Gasteiger partial charge in [0, 0.05) is 32.7 Å². The average molecular weight is 413 g/mol. The van der Waals surface area contributed by atoms with E-state index in [0.717, 1.165) is 26.1 Å². The van der Waals surface area contributed by atoms with Gasteiger partial charge in [0.25, 0.3) is 0 Å². The van der Waals surface area contributed by atoms with Gasteiger partial charge in [-0.2, -0.15) is 4.31 Å². The van der Waals surface area contributed by atoms with Gasteiger partial charge in [-0.1, -0.05) is 75.4 Å². The standard InChI is InChI=1S/C24H32N2O2S/c1-4-24(2,3)22-12-14-23(15-13-22)29(27,28)26-19-17-25(18-20-26)16-8-11-21-9-6-5-7-10-21/h5-15H,4,16-20H2,1-3H3. The number of nitrogens with zero attached hydrogens (tertiary/aromatic N) is 2.